The predicted molar refractivity (Wildman–Crippen MR) is 73.3 cm³/mol. The van der Waals surface area contributed by atoms with Crippen LogP contribution in [0, 0.1) is 0 Å². The van der Waals surface area contributed by atoms with E-state index in [1.807, 2.05) is 12.1 Å². The Kier molecular flexibility index (Phi) is 3.69. The molecular weight excluding hydrogens is 240 g/mol. The monoisotopic (exact) mass is 258 g/mol. The number of rotatable bonds is 4. The van der Waals surface area contributed by atoms with E-state index in [4.69, 9.17) is 0 Å². The molecule has 6 heteroatoms. The van der Waals surface area contributed by atoms with Gasteiger partial charge in [0.15, 0.2) is 0 Å². The molecule has 6 nitrogen and oxygen atoms in total. The molecule has 0 radical (unpaired) electrons. The third-order valence-electron chi connectivity index (χ3n) is 3.42. The van der Waals surface area contributed by atoms with Crippen molar-refractivity contribution >= 4 is 5.69 Å². The lowest BCUT2D eigenvalue weighted by Crippen LogP contribution is -2.39. The first-order valence-corrected chi connectivity index (χ1v) is 6.72. The molecule has 0 aliphatic carbocycles. The summed E-state index contributed by atoms with van der Waals surface area (Å²) in [4.78, 5) is 0. The Balaban J connectivity index is 1.63. The number of piperidine rings is 1. The maximum atomic E-state index is 3.89. The molecule has 1 unspecified atom stereocenters. The molecule has 2 aromatic rings. The average molecular weight is 258 g/mol. The summed E-state index contributed by atoms with van der Waals surface area (Å²) in [7, 11) is 0. The third kappa shape index (κ3) is 3.08. The summed E-state index contributed by atoms with van der Waals surface area (Å²) in [5.41, 5.74) is 2.06. The lowest BCUT2D eigenvalue weighted by atomic mass is 10.1. The molecule has 2 heterocycles. The average Bonchev–Trinajstić information content (AvgIpc) is 3.01. The number of nitrogens with one attached hydrogen (secondary N) is 2. The molecule has 0 saturated carbocycles. The molecular formula is C13H18N6. The SMILES string of the molecule is c1cc(NCC2CCCCN2)cc(-n2cnnn2)c1. The highest BCUT2D eigenvalue weighted by molar-refractivity contribution is 5.50. The van der Waals surface area contributed by atoms with Gasteiger partial charge in [0.25, 0.3) is 0 Å². The Labute approximate surface area is 112 Å². The first-order chi connectivity index (χ1) is 9.42. The molecule has 0 spiro atoms. The lowest BCUT2D eigenvalue weighted by Gasteiger charge is -2.24. The van der Waals surface area contributed by atoms with Crippen molar-refractivity contribution in [1.82, 2.24) is 25.5 Å². The van der Waals surface area contributed by atoms with E-state index in [2.05, 4.69) is 38.3 Å². The highest BCUT2D eigenvalue weighted by atomic mass is 15.5. The van der Waals surface area contributed by atoms with Crippen molar-refractivity contribution in [3.63, 3.8) is 0 Å². The van der Waals surface area contributed by atoms with E-state index >= 15 is 0 Å². The van der Waals surface area contributed by atoms with Gasteiger partial charge < -0.3 is 10.6 Å². The minimum atomic E-state index is 0.574. The second-order valence-electron chi connectivity index (χ2n) is 4.83. The van der Waals surface area contributed by atoms with Gasteiger partial charge in [0.2, 0.25) is 0 Å². The van der Waals surface area contributed by atoms with Crippen molar-refractivity contribution in [1.29, 1.82) is 0 Å². The topological polar surface area (TPSA) is 67.7 Å². The number of hydrogen-bond donors (Lipinski definition) is 2. The van der Waals surface area contributed by atoms with Gasteiger partial charge in [-0.25, -0.2) is 4.68 Å². The molecule has 19 heavy (non-hydrogen) atoms. The van der Waals surface area contributed by atoms with Crippen molar-refractivity contribution in [2.45, 2.75) is 25.3 Å². The normalized spacial score (nSPS) is 19.3. The predicted octanol–water partition coefficient (Wildman–Crippen LogP) is 1.22. The standard InChI is InChI=1S/C13H18N6/c1-2-7-14-12(4-1)9-15-11-5-3-6-13(8-11)19-10-16-17-18-19/h3,5-6,8,10,12,14-15H,1-2,4,7,9H2. The quantitative estimate of drug-likeness (QED) is 0.863. The van der Waals surface area contributed by atoms with Crippen molar-refractivity contribution < 1.29 is 0 Å². The van der Waals surface area contributed by atoms with Gasteiger partial charge >= 0.3 is 0 Å². The molecule has 0 amide bonds. The van der Waals surface area contributed by atoms with E-state index in [0.29, 0.717) is 6.04 Å². The lowest BCUT2D eigenvalue weighted by molar-refractivity contribution is 0.414. The van der Waals surface area contributed by atoms with E-state index in [0.717, 1.165) is 24.5 Å². The summed E-state index contributed by atoms with van der Waals surface area (Å²) in [5.74, 6) is 0. The van der Waals surface area contributed by atoms with Gasteiger partial charge in [-0.3, -0.25) is 0 Å². The number of anilines is 1. The maximum absolute atomic E-state index is 3.89. The summed E-state index contributed by atoms with van der Waals surface area (Å²) in [6, 6.07) is 8.69. The minimum Gasteiger partial charge on any atom is -0.383 e. The molecule has 1 aromatic heterocycles. The fourth-order valence-electron chi connectivity index (χ4n) is 2.38. The van der Waals surface area contributed by atoms with Gasteiger partial charge in [-0.15, -0.1) is 5.10 Å². The van der Waals surface area contributed by atoms with Crippen LogP contribution in [0.4, 0.5) is 5.69 Å². The molecule has 1 atom stereocenters. The molecule has 1 saturated heterocycles. The number of aromatic nitrogens is 4. The van der Waals surface area contributed by atoms with E-state index in [9.17, 15) is 0 Å². The molecule has 100 valence electrons. The zero-order valence-electron chi connectivity index (χ0n) is 10.8. The molecule has 1 aromatic carbocycles. The van der Waals surface area contributed by atoms with Gasteiger partial charge in [-0.05, 0) is 48.0 Å². The van der Waals surface area contributed by atoms with Crippen LogP contribution in [-0.4, -0.2) is 39.3 Å². The van der Waals surface area contributed by atoms with Gasteiger partial charge in [0.05, 0.1) is 5.69 Å². The van der Waals surface area contributed by atoms with Gasteiger partial charge in [-0.1, -0.05) is 12.5 Å². The van der Waals surface area contributed by atoms with E-state index < -0.39 is 0 Å². The zero-order chi connectivity index (χ0) is 12.9. The van der Waals surface area contributed by atoms with Gasteiger partial charge in [-0.2, -0.15) is 0 Å². The van der Waals surface area contributed by atoms with Crippen molar-refractivity contribution in [3.05, 3.63) is 30.6 Å². The zero-order valence-corrected chi connectivity index (χ0v) is 10.8. The summed E-state index contributed by atoms with van der Waals surface area (Å²) in [5, 5.41) is 18.2. The van der Waals surface area contributed by atoms with Crippen LogP contribution in [0.5, 0.6) is 0 Å². The van der Waals surface area contributed by atoms with Crippen LogP contribution in [-0.2, 0) is 0 Å². The Bertz CT molecular complexity index is 504. The largest absolute Gasteiger partial charge is 0.383 e. The molecule has 1 aliphatic rings. The Morgan fingerprint density at radius 3 is 3.16 bits per heavy atom. The van der Waals surface area contributed by atoms with E-state index in [-0.39, 0.29) is 0 Å². The van der Waals surface area contributed by atoms with Crippen LogP contribution in [0.2, 0.25) is 0 Å². The Morgan fingerprint density at radius 2 is 2.37 bits per heavy atom. The second-order valence-corrected chi connectivity index (χ2v) is 4.83. The molecule has 1 fully saturated rings. The third-order valence-corrected chi connectivity index (χ3v) is 3.42. The smallest absolute Gasteiger partial charge is 0.143 e. The summed E-state index contributed by atoms with van der Waals surface area (Å²) in [6.45, 7) is 2.09. The van der Waals surface area contributed by atoms with Crippen LogP contribution < -0.4 is 10.6 Å². The summed E-state index contributed by atoms with van der Waals surface area (Å²) >= 11 is 0. The Morgan fingerprint density at radius 1 is 1.37 bits per heavy atom. The first-order valence-electron chi connectivity index (χ1n) is 6.72. The maximum Gasteiger partial charge on any atom is 0.143 e. The molecule has 3 rings (SSSR count). The minimum absolute atomic E-state index is 0.574. The highest BCUT2D eigenvalue weighted by Gasteiger charge is 2.11. The molecule has 1 aliphatic heterocycles. The highest BCUT2D eigenvalue weighted by Crippen LogP contribution is 2.14. The number of benzene rings is 1. The van der Waals surface area contributed by atoms with Crippen LogP contribution in [0.3, 0.4) is 0 Å². The second kappa shape index (κ2) is 5.79. The number of tetrazole rings is 1. The van der Waals surface area contributed by atoms with Gasteiger partial charge in [0, 0.05) is 18.3 Å². The van der Waals surface area contributed by atoms with Crippen LogP contribution in [0.1, 0.15) is 19.3 Å². The van der Waals surface area contributed by atoms with E-state index in [1.165, 1.54) is 19.3 Å². The van der Waals surface area contributed by atoms with Crippen LogP contribution in [0.15, 0.2) is 30.6 Å². The summed E-state index contributed by atoms with van der Waals surface area (Å²) in [6.07, 6.45) is 5.47. The van der Waals surface area contributed by atoms with E-state index in [1.54, 1.807) is 11.0 Å². The number of nitrogens with zero attached hydrogens (tertiary/aromatic N) is 4. The van der Waals surface area contributed by atoms with Crippen LogP contribution in [0.25, 0.3) is 5.69 Å². The molecule has 2 N–H and O–H groups in total. The Hall–Kier alpha value is -1.95. The van der Waals surface area contributed by atoms with Crippen molar-refractivity contribution in [2.24, 2.45) is 0 Å². The van der Waals surface area contributed by atoms with Gasteiger partial charge in [0.1, 0.15) is 6.33 Å². The fraction of sp³-hybridized carbons (Fsp3) is 0.462. The number of hydrogen-bond acceptors (Lipinski definition) is 5. The van der Waals surface area contributed by atoms with Crippen molar-refractivity contribution in [2.75, 3.05) is 18.4 Å². The molecule has 0 bridgehead atoms. The van der Waals surface area contributed by atoms with Crippen LogP contribution >= 0.6 is 0 Å². The fourth-order valence-corrected chi connectivity index (χ4v) is 2.38. The summed E-state index contributed by atoms with van der Waals surface area (Å²) < 4.78 is 1.66. The first kappa shape index (κ1) is 12.1. The van der Waals surface area contributed by atoms with Crippen molar-refractivity contribution in [3.8, 4) is 5.69 Å².